The van der Waals surface area contributed by atoms with Crippen LogP contribution in [0.2, 0.25) is 0 Å². The average Bonchev–Trinajstić information content (AvgIpc) is 2.37. The zero-order chi connectivity index (χ0) is 19.1. The van der Waals surface area contributed by atoms with E-state index >= 15 is 0 Å². The molecule has 0 aliphatic rings. The third kappa shape index (κ3) is 203. The molecule has 5 atom stereocenters. The minimum Gasteiger partial charge on any atom is -0.358 e. The van der Waals surface area contributed by atoms with Crippen molar-refractivity contribution in [1.29, 1.82) is 0 Å². The Balaban J connectivity index is -0.00000000356. The number of hydrogen-bond acceptors (Lipinski definition) is 0. The standard InChI is InChI=1S/C9H23P3.C6H16P2.C2H5P.2CH4.CH3.4W.20Y/c1-7-11(4)9-12(5,6)8-10(2)3;1-5-8(4)6-7(2)3;1-3-2;;;;;;;;;;;;;;;;;;;;;;;;;;;/h10-11H,2,4-5,7-9H2,1,3,6H3;7-8H,2,4-6H2,1,3H3;1H2,2H3;2*1H4;1H3;;;;;;;;;;;;;;;;;;;;;;;;/q;;;;;-1;;;;;;;;;;;;;;;;;;;;;;;;. The monoisotopic (exact) mass is 3000 g/mol. The van der Waals surface area contributed by atoms with Gasteiger partial charge in [-0.15, -0.1) is 76.8 Å². The van der Waals surface area contributed by atoms with Crippen LogP contribution in [0.4, 0.5) is 0 Å². The van der Waals surface area contributed by atoms with Crippen molar-refractivity contribution in [2.45, 2.75) is 28.7 Å². The fourth-order valence-corrected chi connectivity index (χ4v) is 18.2. The Labute approximate surface area is 884 Å². The van der Waals surface area contributed by atoms with E-state index in [1.54, 1.807) is 0 Å². The summed E-state index contributed by atoms with van der Waals surface area (Å²) < 4.78 is 0. The first kappa shape index (κ1) is 202. The molecule has 50 heavy (non-hydrogen) atoms. The van der Waals surface area contributed by atoms with Crippen molar-refractivity contribution < 1.29 is 738 Å². The van der Waals surface area contributed by atoms with Gasteiger partial charge < -0.3 is 7.43 Å². The SMILES string of the molecule is C.C.C=PC.C=[PH](C)CP(=C)(C)C[PH](=C)CC.C=[PH](C)C[PH](=C)CC.[CH3-].[W].[W].[W].[W].[Y].[Y].[Y].[Y].[Y].[Y].[Y].[Y].[Y].[Y].[Y].[Y].[Y].[Y].[Y].[Y].[Y].[Y].[Y].[Y]. The van der Waals surface area contributed by atoms with E-state index in [0.717, 1.165) is 0 Å². The third-order valence-electron chi connectivity index (χ3n) is 2.81. The molecule has 250 valence electrons. The zero-order valence-electron chi connectivity index (χ0n) is 30.9. The average molecular weight is 2990 g/mol. The first-order valence-corrected chi connectivity index (χ1v) is 21.5. The normalized spacial score (nSPS) is 8.36. The summed E-state index contributed by atoms with van der Waals surface area (Å²) >= 11 is 0. The van der Waals surface area contributed by atoms with Gasteiger partial charge in [0.2, 0.25) is 0 Å². The molecule has 0 saturated heterocycles. The topological polar surface area (TPSA) is 0 Å². The van der Waals surface area contributed by atoms with Crippen molar-refractivity contribution in [2.24, 2.45) is 0 Å². The molecule has 0 aliphatic heterocycles. The Bertz CT molecular complexity index is 515. The Kier molecular flexibility index (Phi) is 663. The Morgan fingerprint density at radius 1 is 0.480 bits per heavy atom. The summed E-state index contributed by atoms with van der Waals surface area (Å²) in [6, 6.07) is 0. The van der Waals surface area contributed by atoms with E-state index < -0.39 is 6.89 Å². The van der Waals surface area contributed by atoms with Crippen LogP contribution in [0.25, 0.3) is 0 Å². The van der Waals surface area contributed by atoms with Crippen molar-refractivity contribution >= 4 is 83.1 Å². The molecule has 0 rings (SSSR count). The maximum atomic E-state index is 4.38. The molecule has 0 aliphatic carbocycles. The molecular formula is C20H55P6W4Y20-. The summed E-state index contributed by atoms with van der Waals surface area (Å²) in [5.41, 5.74) is 0. The van der Waals surface area contributed by atoms with E-state index in [9.17, 15) is 0 Å². The van der Waals surface area contributed by atoms with E-state index in [4.69, 9.17) is 0 Å². The predicted octanol–water partition coefficient (Wildman–Crippen LogP) is 7.47. The molecule has 0 N–H and O–H groups in total. The number of rotatable bonds is 8. The van der Waals surface area contributed by atoms with E-state index in [-0.39, 0.29) is 791 Å². The van der Waals surface area contributed by atoms with Gasteiger partial charge in [0.05, 0.1) is 0 Å². The zero-order valence-corrected chi connectivity index (χ0v) is 105. The maximum Gasteiger partial charge on any atom is 0 e. The van der Waals surface area contributed by atoms with Gasteiger partial charge in [-0.25, -0.2) is 0 Å². The van der Waals surface area contributed by atoms with Crippen LogP contribution in [-0.4, -0.2) is 94.5 Å². The van der Waals surface area contributed by atoms with Gasteiger partial charge >= 0.3 is 0 Å². The van der Waals surface area contributed by atoms with Crippen LogP contribution in [0.1, 0.15) is 28.7 Å². The van der Waals surface area contributed by atoms with Crippen molar-refractivity contribution in [3.63, 3.8) is 0 Å². The maximum absolute atomic E-state index is 4.38. The summed E-state index contributed by atoms with van der Waals surface area (Å²) in [7, 11) is 0.133. The molecular weight excluding hydrogens is 2940 g/mol. The van der Waals surface area contributed by atoms with Crippen LogP contribution >= 0.6 is 45.3 Å². The molecule has 0 heterocycles. The van der Waals surface area contributed by atoms with Gasteiger partial charge in [-0.05, 0) is 56.7 Å². The summed E-state index contributed by atoms with van der Waals surface area (Å²) in [5.74, 6) is 4.05. The van der Waals surface area contributed by atoms with Crippen molar-refractivity contribution in [1.82, 2.24) is 0 Å². The second-order valence-corrected chi connectivity index (χ2v) is 22.6. The molecule has 0 amide bonds. The molecule has 0 saturated carbocycles. The van der Waals surface area contributed by atoms with E-state index in [1.165, 1.54) is 38.2 Å². The largest absolute Gasteiger partial charge is 0.358 e. The van der Waals surface area contributed by atoms with Crippen LogP contribution in [0.5, 0.6) is 0 Å². The first-order chi connectivity index (χ1) is 10.4. The van der Waals surface area contributed by atoms with Gasteiger partial charge in [0.15, 0.2) is 0 Å². The fraction of sp³-hybridized carbons (Fsp3) is 0.650. The van der Waals surface area contributed by atoms with Crippen LogP contribution in [-0.2, 0) is 738 Å². The van der Waals surface area contributed by atoms with Gasteiger partial charge in [0.1, 0.15) is 0 Å². The fourth-order valence-electron chi connectivity index (χ4n) is 1.91. The quantitative estimate of drug-likeness (QED) is 0.175. The van der Waals surface area contributed by atoms with Gasteiger partial charge in [-0.1, -0.05) is 35.0 Å². The second-order valence-electron chi connectivity index (χ2n) is 6.55. The summed E-state index contributed by atoms with van der Waals surface area (Å²) in [4.78, 5) is 0. The number of hydrogen-bond donors (Lipinski definition) is 0. The molecule has 5 unspecified atom stereocenters. The smallest absolute Gasteiger partial charge is 0 e. The molecule has 0 nitrogen and oxygen atoms in total. The Hall–Kier alpha value is 26.5. The molecule has 20 radical (unpaired) electrons. The Morgan fingerprint density at radius 3 is 0.760 bits per heavy atom. The minimum atomic E-state index is -0.856. The summed E-state index contributed by atoms with van der Waals surface area (Å²) in [5, 5.41) is 0. The molecule has 0 aromatic heterocycles. The minimum absolute atomic E-state index is 0. The summed E-state index contributed by atoms with van der Waals surface area (Å²) in [6.45, 7) is 12.5. The first-order valence-electron chi connectivity index (χ1n) is 8.11. The molecule has 0 fully saturated rings. The van der Waals surface area contributed by atoms with Crippen LogP contribution < -0.4 is 0 Å². The molecule has 0 aromatic rings. The van der Waals surface area contributed by atoms with Crippen molar-refractivity contribution in [3.8, 4) is 0 Å². The molecule has 0 bridgehead atoms. The van der Waals surface area contributed by atoms with E-state index in [2.05, 4.69) is 71.6 Å². The predicted molar refractivity (Wildman–Crippen MR) is 169 cm³/mol. The van der Waals surface area contributed by atoms with Crippen LogP contribution in [0, 0.1) is 7.43 Å². The second kappa shape index (κ2) is 164. The third-order valence-corrected chi connectivity index (χ3v) is 19.3. The van der Waals surface area contributed by atoms with Crippen molar-refractivity contribution in [3.05, 3.63) is 7.43 Å². The van der Waals surface area contributed by atoms with Crippen LogP contribution in [0.3, 0.4) is 0 Å². The van der Waals surface area contributed by atoms with Gasteiger partial charge in [0, 0.05) is 738 Å². The molecule has 0 aromatic carbocycles. The molecule has 0 spiro atoms. The Morgan fingerprint density at radius 2 is 0.660 bits per heavy atom. The van der Waals surface area contributed by atoms with Crippen molar-refractivity contribution in [2.75, 3.05) is 56.7 Å². The van der Waals surface area contributed by atoms with Crippen LogP contribution in [0.15, 0.2) is 0 Å². The summed E-state index contributed by atoms with van der Waals surface area (Å²) in [6.07, 6.45) is 26.9. The van der Waals surface area contributed by atoms with Gasteiger partial charge in [-0.2, -0.15) is 0 Å². The van der Waals surface area contributed by atoms with E-state index in [0.29, 0.717) is 0 Å². The van der Waals surface area contributed by atoms with Gasteiger partial charge in [0.25, 0.3) is 0 Å². The molecule has 30 heteroatoms. The van der Waals surface area contributed by atoms with E-state index in [1.807, 2.05) is 6.66 Å². The van der Waals surface area contributed by atoms with Gasteiger partial charge in [-0.3, -0.25) is 0 Å².